The van der Waals surface area contributed by atoms with Crippen LogP contribution in [0.1, 0.15) is 30.9 Å². The monoisotopic (exact) mass is 353 g/mol. The smallest absolute Gasteiger partial charge is 0.246 e. The van der Waals surface area contributed by atoms with E-state index in [9.17, 15) is 9.18 Å². The third kappa shape index (κ3) is 3.29. The summed E-state index contributed by atoms with van der Waals surface area (Å²) in [6, 6.07) is 10.00. The number of hydrazone groups is 1. The molecule has 1 atom stereocenters. The highest BCUT2D eigenvalue weighted by molar-refractivity contribution is 5.82. The Balaban J connectivity index is 1.40. The van der Waals surface area contributed by atoms with Crippen LogP contribution in [0.15, 0.2) is 47.8 Å². The lowest BCUT2D eigenvalue weighted by molar-refractivity contribution is -0.138. The van der Waals surface area contributed by atoms with Gasteiger partial charge in [0.05, 0.1) is 18.4 Å². The number of benzene rings is 1. The topological polar surface area (TPSA) is 61.7 Å². The van der Waals surface area contributed by atoms with Gasteiger partial charge in [0.2, 0.25) is 11.9 Å². The average Bonchev–Trinajstić information content (AvgIpc) is 3.19. The highest BCUT2D eigenvalue weighted by Crippen LogP contribution is 2.32. The number of anilines is 1. The molecule has 2 aliphatic rings. The maximum Gasteiger partial charge on any atom is 0.246 e. The summed E-state index contributed by atoms with van der Waals surface area (Å²) in [6.45, 7) is 1.35. The number of piperidine rings is 1. The maximum absolute atomic E-state index is 13.0. The lowest BCUT2D eigenvalue weighted by Gasteiger charge is -2.33. The normalized spacial score (nSPS) is 20.6. The predicted octanol–water partition coefficient (Wildman–Crippen LogP) is 2.79. The van der Waals surface area contributed by atoms with Gasteiger partial charge in [0, 0.05) is 31.6 Å². The molecule has 26 heavy (non-hydrogen) atoms. The number of hydrogen-bond donors (Lipinski definition) is 0. The highest BCUT2D eigenvalue weighted by atomic mass is 19.1. The fourth-order valence-electron chi connectivity index (χ4n) is 3.56. The SMILES string of the molecule is O=C(C1CCN(c2ncc(F)cn2)CC1)N1N=CC[C@H]1c1ccccc1. The van der Waals surface area contributed by atoms with Crippen LogP contribution in [0.5, 0.6) is 0 Å². The summed E-state index contributed by atoms with van der Waals surface area (Å²) in [6.07, 6.45) is 6.33. The van der Waals surface area contributed by atoms with Crippen molar-refractivity contribution in [2.24, 2.45) is 11.0 Å². The molecule has 6 nitrogen and oxygen atoms in total. The molecular formula is C19H20FN5O. The Labute approximate surface area is 151 Å². The number of aromatic nitrogens is 2. The van der Waals surface area contributed by atoms with Crippen molar-refractivity contribution in [2.45, 2.75) is 25.3 Å². The zero-order chi connectivity index (χ0) is 17.9. The van der Waals surface area contributed by atoms with Crippen LogP contribution in [-0.4, -0.2) is 40.2 Å². The molecule has 1 aromatic heterocycles. The predicted molar refractivity (Wildman–Crippen MR) is 96.1 cm³/mol. The Morgan fingerprint density at radius 2 is 1.77 bits per heavy atom. The van der Waals surface area contributed by atoms with Gasteiger partial charge in [-0.2, -0.15) is 5.10 Å². The van der Waals surface area contributed by atoms with E-state index in [1.54, 1.807) is 5.01 Å². The van der Waals surface area contributed by atoms with Crippen LogP contribution in [0.4, 0.5) is 10.3 Å². The Bertz CT molecular complexity index is 787. The van der Waals surface area contributed by atoms with Gasteiger partial charge in [0.15, 0.2) is 5.82 Å². The number of rotatable bonds is 3. The summed E-state index contributed by atoms with van der Waals surface area (Å²) in [5, 5.41) is 5.98. The van der Waals surface area contributed by atoms with Crippen LogP contribution in [0.3, 0.4) is 0 Å². The Morgan fingerprint density at radius 3 is 2.46 bits per heavy atom. The number of carbonyl (C=O) groups is 1. The maximum atomic E-state index is 13.0. The van der Waals surface area contributed by atoms with Gasteiger partial charge in [-0.05, 0) is 18.4 Å². The molecule has 7 heteroatoms. The summed E-state index contributed by atoms with van der Waals surface area (Å²) >= 11 is 0. The van der Waals surface area contributed by atoms with Crippen LogP contribution < -0.4 is 4.90 Å². The summed E-state index contributed by atoms with van der Waals surface area (Å²) < 4.78 is 13.0. The van der Waals surface area contributed by atoms with Crippen LogP contribution in [-0.2, 0) is 4.79 Å². The van der Waals surface area contributed by atoms with E-state index < -0.39 is 5.82 Å². The summed E-state index contributed by atoms with van der Waals surface area (Å²) in [5.41, 5.74) is 1.11. The minimum absolute atomic E-state index is 0.0119. The molecule has 0 bridgehead atoms. The van der Waals surface area contributed by atoms with E-state index in [1.165, 1.54) is 12.4 Å². The molecule has 0 unspecified atom stereocenters. The second-order valence-corrected chi connectivity index (χ2v) is 6.61. The molecule has 2 aromatic rings. The van der Waals surface area contributed by atoms with E-state index in [4.69, 9.17) is 0 Å². The van der Waals surface area contributed by atoms with Gasteiger partial charge in [-0.15, -0.1) is 0 Å². The van der Waals surface area contributed by atoms with Gasteiger partial charge in [-0.1, -0.05) is 30.3 Å². The van der Waals surface area contributed by atoms with E-state index in [1.807, 2.05) is 41.4 Å². The van der Waals surface area contributed by atoms with Crippen molar-refractivity contribution in [3.8, 4) is 0 Å². The van der Waals surface area contributed by atoms with Crippen molar-refractivity contribution in [3.05, 3.63) is 54.1 Å². The van der Waals surface area contributed by atoms with Crippen LogP contribution >= 0.6 is 0 Å². The second kappa shape index (κ2) is 7.19. The minimum atomic E-state index is -0.447. The number of halogens is 1. The first kappa shape index (κ1) is 16.6. The average molecular weight is 353 g/mol. The molecule has 1 fully saturated rings. The molecular weight excluding hydrogens is 333 g/mol. The summed E-state index contributed by atoms with van der Waals surface area (Å²) in [4.78, 5) is 23.0. The van der Waals surface area contributed by atoms with Crippen molar-refractivity contribution in [1.29, 1.82) is 0 Å². The first-order chi connectivity index (χ1) is 12.7. The van der Waals surface area contributed by atoms with Crippen molar-refractivity contribution < 1.29 is 9.18 Å². The molecule has 0 saturated carbocycles. The Hall–Kier alpha value is -2.83. The van der Waals surface area contributed by atoms with Crippen LogP contribution in [0.2, 0.25) is 0 Å². The molecule has 2 aliphatic heterocycles. The van der Waals surface area contributed by atoms with Crippen LogP contribution in [0, 0.1) is 11.7 Å². The van der Waals surface area contributed by atoms with Gasteiger partial charge >= 0.3 is 0 Å². The molecule has 134 valence electrons. The molecule has 1 amide bonds. The van der Waals surface area contributed by atoms with E-state index in [0.29, 0.717) is 31.9 Å². The van der Waals surface area contributed by atoms with Crippen LogP contribution in [0.25, 0.3) is 0 Å². The summed E-state index contributed by atoms with van der Waals surface area (Å²) in [5.74, 6) is 0.0803. The zero-order valence-electron chi connectivity index (χ0n) is 14.3. The second-order valence-electron chi connectivity index (χ2n) is 6.61. The van der Waals surface area contributed by atoms with Crippen molar-refractivity contribution >= 4 is 18.1 Å². The molecule has 3 heterocycles. The van der Waals surface area contributed by atoms with Gasteiger partial charge in [0.1, 0.15) is 0 Å². The molecule has 0 radical (unpaired) electrons. The fraction of sp³-hybridized carbons (Fsp3) is 0.368. The number of hydrogen-bond acceptors (Lipinski definition) is 5. The van der Waals surface area contributed by atoms with Gasteiger partial charge in [-0.3, -0.25) is 4.79 Å². The van der Waals surface area contributed by atoms with E-state index in [2.05, 4.69) is 15.1 Å². The van der Waals surface area contributed by atoms with Crippen molar-refractivity contribution in [3.63, 3.8) is 0 Å². The molecule has 1 aromatic carbocycles. The van der Waals surface area contributed by atoms with E-state index >= 15 is 0 Å². The number of nitrogens with zero attached hydrogens (tertiary/aromatic N) is 5. The number of carbonyl (C=O) groups excluding carboxylic acids is 1. The summed E-state index contributed by atoms with van der Waals surface area (Å²) in [7, 11) is 0. The minimum Gasteiger partial charge on any atom is -0.341 e. The molecule has 0 N–H and O–H groups in total. The number of amides is 1. The first-order valence-corrected chi connectivity index (χ1v) is 8.85. The zero-order valence-corrected chi connectivity index (χ0v) is 14.3. The van der Waals surface area contributed by atoms with Gasteiger partial charge < -0.3 is 4.90 Å². The molecule has 0 spiro atoms. The Kier molecular flexibility index (Phi) is 4.60. The lowest BCUT2D eigenvalue weighted by Crippen LogP contribution is -2.41. The first-order valence-electron chi connectivity index (χ1n) is 8.85. The van der Waals surface area contributed by atoms with E-state index in [0.717, 1.165) is 12.0 Å². The lowest BCUT2D eigenvalue weighted by atomic mass is 9.94. The van der Waals surface area contributed by atoms with Gasteiger partial charge in [-0.25, -0.2) is 19.4 Å². The standard InChI is InChI=1S/C19H20FN5O/c20-16-12-21-19(22-13-16)24-10-7-15(8-11-24)18(26)25-17(6-9-23-25)14-4-2-1-3-5-14/h1-5,9,12-13,15,17H,6-8,10-11H2/t17-/m0/s1. The third-order valence-corrected chi connectivity index (χ3v) is 4.97. The van der Waals surface area contributed by atoms with Crippen molar-refractivity contribution in [1.82, 2.24) is 15.0 Å². The molecule has 4 rings (SSSR count). The Morgan fingerprint density at radius 1 is 1.08 bits per heavy atom. The van der Waals surface area contributed by atoms with Crippen molar-refractivity contribution in [2.75, 3.05) is 18.0 Å². The fourth-order valence-corrected chi connectivity index (χ4v) is 3.56. The molecule has 0 aliphatic carbocycles. The largest absolute Gasteiger partial charge is 0.341 e. The molecule has 1 saturated heterocycles. The highest BCUT2D eigenvalue weighted by Gasteiger charge is 2.34. The van der Waals surface area contributed by atoms with Gasteiger partial charge in [0.25, 0.3) is 0 Å². The van der Waals surface area contributed by atoms with E-state index in [-0.39, 0.29) is 17.9 Å². The quantitative estimate of drug-likeness (QED) is 0.851. The third-order valence-electron chi connectivity index (χ3n) is 4.97.